The minimum absolute atomic E-state index is 0.0243. The van der Waals surface area contributed by atoms with Crippen molar-refractivity contribution in [1.29, 1.82) is 0 Å². The van der Waals surface area contributed by atoms with Crippen molar-refractivity contribution in [3.63, 3.8) is 0 Å². The standard InChI is InChI=1S/C81H72BN3O/c1-78(2,3)55-33-40-58(41-34-55)83(59-42-35-56(36-43-59)79(4,5)6)61-47-68-67-49-66-63-28-20-21-29-69(63)81(10,11)70(66)50-72(67)85(60-38-30-52(31-39-60)51-22-14-12-15-23-51)82-74(68)73(48-61)84(75-64-44-32-54-26-18-19-27-62(54)76(64)86-77(75)82)71-45-37-57(80(7,8)9)46-65(71)53-24-16-13-17-25-53/h12-50H,1-11H3. The van der Waals surface area contributed by atoms with Gasteiger partial charge in [-0.05, 0) is 167 Å². The molecule has 1 aromatic heterocycles. The fourth-order valence-electron chi connectivity index (χ4n) is 14.2. The lowest BCUT2D eigenvalue weighted by Crippen LogP contribution is -2.61. The van der Waals surface area contributed by atoms with Crippen LogP contribution in [0.3, 0.4) is 0 Å². The van der Waals surface area contributed by atoms with Crippen LogP contribution in [0.1, 0.15) is 104 Å². The highest BCUT2D eigenvalue weighted by Gasteiger charge is 2.51. The highest BCUT2D eigenvalue weighted by molar-refractivity contribution is 6.93. The summed E-state index contributed by atoms with van der Waals surface area (Å²) >= 11 is 0. The average molecular weight is 1110 g/mol. The molecule has 11 aromatic carbocycles. The maximum absolute atomic E-state index is 7.87. The van der Waals surface area contributed by atoms with E-state index < -0.39 is 6.85 Å². The molecule has 12 aromatic rings. The first-order valence-corrected chi connectivity index (χ1v) is 30.7. The highest BCUT2D eigenvalue weighted by Crippen LogP contribution is 2.57. The Morgan fingerprint density at radius 2 is 0.977 bits per heavy atom. The van der Waals surface area contributed by atoms with E-state index in [1.165, 1.54) is 66.7 Å². The number of nitrogens with zero attached hydrogens (tertiary/aromatic N) is 3. The third-order valence-electron chi connectivity index (χ3n) is 18.9. The van der Waals surface area contributed by atoms with Gasteiger partial charge in [0.15, 0.2) is 0 Å². The van der Waals surface area contributed by atoms with Crippen molar-refractivity contribution in [2.75, 3.05) is 14.6 Å². The Morgan fingerprint density at radius 3 is 1.63 bits per heavy atom. The van der Waals surface area contributed by atoms with Gasteiger partial charge < -0.3 is 19.0 Å². The van der Waals surface area contributed by atoms with Gasteiger partial charge in [0.2, 0.25) is 0 Å². The first-order chi connectivity index (χ1) is 41.3. The highest BCUT2D eigenvalue weighted by atomic mass is 16.3. The maximum atomic E-state index is 7.87. The van der Waals surface area contributed by atoms with Crippen molar-refractivity contribution in [3.8, 4) is 44.5 Å². The Bertz CT molecular complexity index is 4590. The Hall–Kier alpha value is -9.32. The molecule has 0 N–H and O–H groups in total. The predicted molar refractivity (Wildman–Crippen MR) is 367 cm³/mol. The van der Waals surface area contributed by atoms with E-state index in [-0.39, 0.29) is 21.7 Å². The van der Waals surface area contributed by atoms with E-state index >= 15 is 0 Å². The first-order valence-electron chi connectivity index (χ1n) is 30.7. The Balaban J connectivity index is 1.11. The Labute approximate surface area is 508 Å². The third-order valence-corrected chi connectivity index (χ3v) is 18.9. The average Bonchev–Trinajstić information content (AvgIpc) is 1.29. The molecular weight excluding hydrogens is 1040 g/mol. The van der Waals surface area contributed by atoms with Crippen LogP contribution in [0, 0.1) is 0 Å². The molecule has 4 nitrogen and oxygen atoms in total. The van der Waals surface area contributed by atoms with E-state index in [1.807, 2.05) is 0 Å². The second-order valence-electron chi connectivity index (χ2n) is 27.8. The van der Waals surface area contributed by atoms with Crippen LogP contribution in [0.5, 0.6) is 0 Å². The zero-order valence-electron chi connectivity index (χ0n) is 51.3. The first kappa shape index (κ1) is 53.4. The number of fused-ring (bicyclic) bond motifs is 11. The van der Waals surface area contributed by atoms with Gasteiger partial charge in [-0.2, -0.15) is 0 Å². The van der Waals surface area contributed by atoms with E-state index in [9.17, 15) is 0 Å². The second-order valence-corrected chi connectivity index (χ2v) is 27.8. The van der Waals surface area contributed by atoms with Gasteiger partial charge in [0.25, 0.3) is 0 Å². The fraction of sp³-hybridized carbons (Fsp3) is 0.185. The van der Waals surface area contributed by atoms with Crippen molar-refractivity contribution in [2.45, 2.75) is 97.8 Å². The molecule has 0 unspecified atom stereocenters. The normalized spacial score (nSPS) is 14.0. The fourth-order valence-corrected chi connectivity index (χ4v) is 14.2. The molecule has 0 atom stereocenters. The summed E-state index contributed by atoms with van der Waals surface area (Å²) in [7, 11) is 0. The SMILES string of the molecule is CC(C)(C)c1ccc(N(c2ccc(C(C)(C)C)cc2)c2cc3c4c(c2)N(c2ccc(C(C)(C)C)cc2-c2ccccc2)c2c(oc5c2ccc2ccccc25)B4N(c2ccc(-c4ccccc4)cc2)c2cc4c(cc2-3)-c2ccccc2C4(C)C)cc1. The molecule has 86 heavy (non-hydrogen) atoms. The number of rotatable bonds is 7. The number of anilines is 8. The van der Waals surface area contributed by atoms with E-state index in [4.69, 9.17) is 4.42 Å². The van der Waals surface area contributed by atoms with Gasteiger partial charge in [-0.15, -0.1) is 0 Å². The summed E-state index contributed by atoms with van der Waals surface area (Å²) in [6, 6.07) is 89.3. The van der Waals surface area contributed by atoms with Crippen LogP contribution < -0.4 is 25.7 Å². The zero-order valence-corrected chi connectivity index (χ0v) is 51.3. The lowest BCUT2D eigenvalue weighted by atomic mass is 9.45. The lowest BCUT2D eigenvalue weighted by Gasteiger charge is -2.45. The maximum Gasteiger partial charge on any atom is 0.375 e. The molecular formula is C81H72BN3O. The molecule has 0 bridgehead atoms. The van der Waals surface area contributed by atoms with Crippen LogP contribution in [-0.4, -0.2) is 6.85 Å². The molecule has 3 heterocycles. The van der Waals surface area contributed by atoms with Gasteiger partial charge in [0.05, 0.1) is 11.4 Å². The zero-order chi connectivity index (χ0) is 59.2. The summed E-state index contributed by atoms with van der Waals surface area (Å²) < 4.78 is 7.87. The van der Waals surface area contributed by atoms with Crippen molar-refractivity contribution in [1.82, 2.24) is 0 Å². The Morgan fingerprint density at radius 1 is 0.395 bits per heavy atom. The quantitative estimate of drug-likeness (QED) is 0.148. The van der Waals surface area contributed by atoms with Gasteiger partial charge in [-0.25, -0.2) is 0 Å². The molecule has 3 aliphatic rings. The van der Waals surface area contributed by atoms with Crippen molar-refractivity contribution in [2.24, 2.45) is 0 Å². The molecule has 1 aliphatic carbocycles. The van der Waals surface area contributed by atoms with Gasteiger partial charge in [-0.3, -0.25) is 0 Å². The van der Waals surface area contributed by atoms with Crippen molar-refractivity contribution >= 4 is 85.2 Å². The molecule has 15 rings (SSSR count). The lowest BCUT2D eigenvalue weighted by molar-refractivity contribution is 0.590. The van der Waals surface area contributed by atoms with E-state index in [2.05, 4.69) is 327 Å². The summed E-state index contributed by atoms with van der Waals surface area (Å²) in [6.07, 6.45) is 0. The Kier molecular flexibility index (Phi) is 12.0. The van der Waals surface area contributed by atoms with Crippen LogP contribution in [0.15, 0.2) is 241 Å². The number of furan rings is 1. The molecule has 2 aliphatic heterocycles. The summed E-state index contributed by atoms with van der Waals surface area (Å²) in [5, 5.41) is 3.30. The molecule has 0 amide bonds. The van der Waals surface area contributed by atoms with Crippen LogP contribution in [0.25, 0.3) is 66.2 Å². The third kappa shape index (κ3) is 8.48. The molecule has 5 heteroatoms. The second kappa shape index (κ2) is 19.4. The molecule has 420 valence electrons. The number of hydrogen-bond acceptors (Lipinski definition) is 4. The predicted octanol–water partition coefficient (Wildman–Crippen LogP) is 21.3. The monoisotopic (exact) mass is 1110 g/mol. The summed E-state index contributed by atoms with van der Waals surface area (Å²) in [4.78, 5) is 7.73. The van der Waals surface area contributed by atoms with Crippen LogP contribution in [0.4, 0.5) is 45.5 Å². The largest absolute Gasteiger partial charge is 0.465 e. The molecule has 0 saturated carbocycles. The van der Waals surface area contributed by atoms with Gasteiger partial charge in [-0.1, -0.05) is 234 Å². The van der Waals surface area contributed by atoms with Crippen molar-refractivity contribution in [3.05, 3.63) is 264 Å². The van der Waals surface area contributed by atoms with E-state index in [1.54, 1.807) is 0 Å². The van der Waals surface area contributed by atoms with E-state index in [0.717, 1.165) is 84.0 Å². The van der Waals surface area contributed by atoms with Crippen LogP contribution >= 0.6 is 0 Å². The molecule has 0 fully saturated rings. The van der Waals surface area contributed by atoms with Gasteiger partial charge in [0.1, 0.15) is 11.2 Å². The topological polar surface area (TPSA) is 22.9 Å². The minimum Gasteiger partial charge on any atom is -0.465 e. The summed E-state index contributed by atoms with van der Waals surface area (Å²) in [5.74, 6) is 0. The minimum atomic E-state index is -0.397. The van der Waals surface area contributed by atoms with E-state index in [0.29, 0.717) is 0 Å². The number of benzene rings is 11. The van der Waals surface area contributed by atoms with Gasteiger partial charge in [0, 0.05) is 61.4 Å². The summed E-state index contributed by atoms with van der Waals surface area (Å²) in [6.45, 7) is 25.2. The summed E-state index contributed by atoms with van der Waals surface area (Å²) in [5.41, 5.74) is 27.4. The van der Waals surface area contributed by atoms with Crippen LogP contribution in [-0.2, 0) is 21.7 Å². The van der Waals surface area contributed by atoms with Gasteiger partial charge >= 0.3 is 6.85 Å². The molecule has 0 saturated heterocycles. The van der Waals surface area contributed by atoms with Crippen molar-refractivity contribution < 1.29 is 4.42 Å². The van der Waals surface area contributed by atoms with Crippen LogP contribution in [0.2, 0.25) is 0 Å². The smallest absolute Gasteiger partial charge is 0.375 e. The number of hydrogen-bond donors (Lipinski definition) is 0. The molecule has 0 radical (unpaired) electrons. The molecule has 0 spiro atoms.